The molecule has 0 amide bonds. The number of rotatable bonds is 6. The van der Waals surface area contributed by atoms with Crippen LogP contribution in [-0.2, 0) is 11.2 Å². The van der Waals surface area contributed by atoms with Crippen LogP contribution in [0.25, 0.3) is 0 Å². The molecule has 1 N–H and O–H groups in total. The molecule has 3 atom stereocenters. The normalized spacial score (nSPS) is 22.9. The van der Waals surface area contributed by atoms with Crippen LogP contribution >= 0.6 is 0 Å². The highest BCUT2D eigenvalue weighted by Gasteiger charge is 2.22. The lowest BCUT2D eigenvalue weighted by Crippen LogP contribution is -2.42. The summed E-state index contributed by atoms with van der Waals surface area (Å²) >= 11 is 0. The average Bonchev–Trinajstić information content (AvgIpc) is 2.91. The van der Waals surface area contributed by atoms with Gasteiger partial charge in [0.15, 0.2) is 0 Å². The zero-order valence-corrected chi connectivity index (χ0v) is 11.6. The Kier molecular flexibility index (Phi) is 5.21. The maximum absolute atomic E-state index is 5.72. The molecule has 1 aromatic rings. The van der Waals surface area contributed by atoms with Crippen LogP contribution in [0, 0.1) is 0 Å². The molecule has 1 heterocycles. The van der Waals surface area contributed by atoms with Crippen molar-refractivity contribution in [1.29, 1.82) is 0 Å². The highest BCUT2D eigenvalue weighted by molar-refractivity contribution is 5.14. The highest BCUT2D eigenvalue weighted by atomic mass is 16.5. The van der Waals surface area contributed by atoms with Crippen molar-refractivity contribution in [3.8, 4) is 0 Å². The fourth-order valence-corrected chi connectivity index (χ4v) is 2.66. The molecule has 1 saturated heterocycles. The Morgan fingerprint density at radius 2 is 2.06 bits per heavy atom. The van der Waals surface area contributed by atoms with Gasteiger partial charge in [0.2, 0.25) is 0 Å². The third kappa shape index (κ3) is 4.11. The molecule has 3 unspecified atom stereocenters. The van der Waals surface area contributed by atoms with E-state index in [2.05, 4.69) is 49.5 Å². The van der Waals surface area contributed by atoms with Gasteiger partial charge < -0.3 is 10.1 Å². The zero-order valence-electron chi connectivity index (χ0n) is 11.6. The molecule has 100 valence electrons. The molecule has 1 fully saturated rings. The number of hydrogen-bond donors (Lipinski definition) is 1. The van der Waals surface area contributed by atoms with Gasteiger partial charge in [0.05, 0.1) is 6.10 Å². The minimum absolute atomic E-state index is 0.421. The van der Waals surface area contributed by atoms with E-state index < -0.39 is 0 Å². The molecule has 2 nitrogen and oxygen atoms in total. The van der Waals surface area contributed by atoms with E-state index in [9.17, 15) is 0 Å². The van der Waals surface area contributed by atoms with Gasteiger partial charge in [0, 0.05) is 18.7 Å². The number of benzene rings is 1. The zero-order chi connectivity index (χ0) is 12.8. The maximum Gasteiger partial charge on any atom is 0.0726 e. The van der Waals surface area contributed by atoms with Crippen LogP contribution in [0.4, 0.5) is 0 Å². The molecule has 1 aromatic carbocycles. The summed E-state index contributed by atoms with van der Waals surface area (Å²) in [4.78, 5) is 0. The first-order chi connectivity index (χ1) is 8.75. The molecule has 0 radical (unpaired) electrons. The maximum atomic E-state index is 5.72. The smallest absolute Gasteiger partial charge is 0.0726 e. The summed E-state index contributed by atoms with van der Waals surface area (Å²) in [6, 6.07) is 11.7. The Hall–Kier alpha value is -0.860. The standard InChI is InChI=1S/C16H25NO/c1-13(10-11-15-7-4-3-5-8-15)17-14(2)16-9-6-12-18-16/h3-5,7-8,13-14,16-17H,6,9-12H2,1-2H3. The van der Waals surface area contributed by atoms with Gasteiger partial charge in [-0.25, -0.2) is 0 Å². The summed E-state index contributed by atoms with van der Waals surface area (Å²) in [5, 5.41) is 3.67. The van der Waals surface area contributed by atoms with E-state index in [0.29, 0.717) is 18.2 Å². The lowest BCUT2D eigenvalue weighted by molar-refractivity contribution is 0.0800. The lowest BCUT2D eigenvalue weighted by Gasteiger charge is -2.24. The SMILES string of the molecule is CC(CCc1ccccc1)NC(C)C1CCCO1. The summed E-state index contributed by atoms with van der Waals surface area (Å²) in [5.41, 5.74) is 1.43. The van der Waals surface area contributed by atoms with E-state index >= 15 is 0 Å². The quantitative estimate of drug-likeness (QED) is 0.833. The van der Waals surface area contributed by atoms with Crippen molar-refractivity contribution < 1.29 is 4.74 Å². The van der Waals surface area contributed by atoms with E-state index in [0.717, 1.165) is 13.0 Å². The summed E-state index contributed by atoms with van der Waals surface area (Å²) in [6.07, 6.45) is 5.17. The van der Waals surface area contributed by atoms with Crippen molar-refractivity contribution in [3.05, 3.63) is 35.9 Å². The van der Waals surface area contributed by atoms with Gasteiger partial charge in [0.25, 0.3) is 0 Å². The largest absolute Gasteiger partial charge is 0.377 e. The molecule has 2 heteroatoms. The molecule has 0 bridgehead atoms. The lowest BCUT2D eigenvalue weighted by atomic mass is 10.0. The van der Waals surface area contributed by atoms with Crippen LogP contribution in [0.2, 0.25) is 0 Å². The van der Waals surface area contributed by atoms with Gasteiger partial charge in [-0.3, -0.25) is 0 Å². The number of aryl methyl sites for hydroxylation is 1. The van der Waals surface area contributed by atoms with Crippen LogP contribution in [0.5, 0.6) is 0 Å². The second-order valence-electron chi connectivity index (χ2n) is 5.43. The van der Waals surface area contributed by atoms with Crippen LogP contribution in [0.1, 0.15) is 38.7 Å². The van der Waals surface area contributed by atoms with Gasteiger partial charge >= 0.3 is 0 Å². The monoisotopic (exact) mass is 247 g/mol. The Labute approximate surface area is 111 Å². The summed E-state index contributed by atoms with van der Waals surface area (Å²) < 4.78 is 5.72. The predicted octanol–water partition coefficient (Wildman–Crippen LogP) is 3.16. The molecule has 0 aliphatic carbocycles. The second-order valence-corrected chi connectivity index (χ2v) is 5.43. The Bertz CT molecular complexity index is 332. The minimum Gasteiger partial charge on any atom is -0.377 e. The van der Waals surface area contributed by atoms with Crippen molar-refractivity contribution in [2.75, 3.05) is 6.61 Å². The third-order valence-corrected chi connectivity index (χ3v) is 3.78. The fraction of sp³-hybridized carbons (Fsp3) is 0.625. The van der Waals surface area contributed by atoms with E-state index in [1.54, 1.807) is 0 Å². The van der Waals surface area contributed by atoms with Crippen LogP contribution in [0.15, 0.2) is 30.3 Å². The van der Waals surface area contributed by atoms with Gasteiger partial charge in [-0.2, -0.15) is 0 Å². The summed E-state index contributed by atoms with van der Waals surface area (Å²) in [7, 11) is 0. The van der Waals surface area contributed by atoms with E-state index in [1.165, 1.54) is 24.8 Å². The third-order valence-electron chi connectivity index (χ3n) is 3.78. The van der Waals surface area contributed by atoms with Gasteiger partial charge in [-0.15, -0.1) is 0 Å². The minimum atomic E-state index is 0.421. The Balaban J connectivity index is 1.70. The molecular weight excluding hydrogens is 222 g/mol. The fourth-order valence-electron chi connectivity index (χ4n) is 2.66. The van der Waals surface area contributed by atoms with Crippen molar-refractivity contribution in [2.45, 2.75) is 57.7 Å². The first kappa shape index (κ1) is 13.6. The van der Waals surface area contributed by atoms with E-state index in [-0.39, 0.29) is 0 Å². The molecule has 1 aliphatic rings. The Morgan fingerprint density at radius 1 is 1.28 bits per heavy atom. The molecular formula is C16H25NO. The van der Waals surface area contributed by atoms with E-state index in [4.69, 9.17) is 4.74 Å². The Morgan fingerprint density at radius 3 is 2.72 bits per heavy atom. The van der Waals surface area contributed by atoms with Crippen LogP contribution in [0.3, 0.4) is 0 Å². The molecule has 0 saturated carbocycles. The van der Waals surface area contributed by atoms with Gasteiger partial charge in [-0.1, -0.05) is 30.3 Å². The summed E-state index contributed by atoms with van der Waals surface area (Å²) in [5.74, 6) is 0. The van der Waals surface area contributed by atoms with Crippen molar-refractivity contribution in [3.63, 3.8) is 0 Å². The van der Waals surface area contributed by atoms with Crippen molar-refractivity contribution in [1.82, 2.24) is 5.32 Å². The van der Waals surface area contributed by atoms with Gasteiger partial charge in [-0.05, 0) is 45.1 Å². The predicted molar refractivity (Wildman–Crippen MR) is 75.8 cm³/mol. The van der Waals surface area contributed by atoms with Gasteiger partial charge in [0.1, 0.15) is 0 Å². The molecule has 0 aromatic heterocycles. The average molecular weight is 247 g/mol. The first-order valence-electron chi connectivity index (χ1n) is 7.17. The van der Waals surface area contributed by atoms with Crippen molar-refractivity contribution >= 4 is 0 Å². The summed E-state index contributed by atoms with van der Waals surface area (Å²) in [6.45, 7) is 5.46. The topological polar surface area (TPSA) is 21.3 Å². The number of nitrogens with one attached hydrogen (secondary N) is 1. The van der Waals surface area contributed by atoms with Crippen molar-refractivity contribution in [2.24, 2.45) is 0 Å². The molecule has 18 heavy (non-hydrogen) atoms. The van der Waals surface area contributed by atoms with E-state index in [1.807, 2.05) is 0 Å². The number of hydrogen-bond acceptors (Lipinski definition) is 2. The molecule has 0 spiro atoms. The van der Waals surface area contributed by atoms with Crippen LogP contribution in [-0.4, -0.2) is 24.8 Å². The number of ether oxygens (including phenoxy) is 1. The highest BCUT2D eigenvalue weighted by Crippen LogP contribution is 2.16. The molecule has 1 aliphatic heterocycles. The molecule has 2 rings (SSSR count). The van der Waals surface area contributed by atoms with Crippen LogP contribution < -0.4 is 5.32 Å². The second kappa shape index (κ2) is 6.91. The first-order valence-corrected chi connectivity index (χ1v) is 7.17.